The monoisotopic (exact) mass is 485 g/mol. The topological polar surface area (TPSA) is 54.3 Å². The maximum atomic E-state index is 13.3. The molecule has 1 N–H and O–H groups in total. The number of halogens is 1. The van der Waals surface area contributed by atoms with Crippen LogP contribution >= 0.6 is 28.1 Å². The maximum absolute atomic E-state index is 13.3. The third-order valence-electron chi connectivity index (χ3n) is 5.93. The molecule has 2 heterocycles. The Hall–Kier alpha value is -2.25. The number of nitrogens with zero attached hydrogens (tertiary/aromatic N) is 2. The summed E-state index contributed by atoms with van der Waals surface area (Å²) in [6, 6.07) is 9.84. The Morgan fingerprint density at radius 1 is 1.13 bits per heavy atom. The van der Waals surface area contributed by atoms with Crippen molar-refractivity contribution in [1.29, 1.82) is 0 Å². The number of hydrogen-bond donors (Lipinski definition) is 1. The molecule has 1 saturated carbocycles. The summed E-state index contributed by atoms with van der Waals surface area (Å²) in [5.41, 5.74) is 3.85. The molecule has 1 aromatic heterocycles. The summed E-state index contributed by atoms with van der Waals surface area (Å²) in [4.78, 5) is 27.3. The molecule has 156 valence electrons. The van der Waals surface area contributed by atoms with Gasteiger partial charge in [0, 0.05) is 21.9 Å². The predicted octanol–water partition coefficient (Wildman–Crippen LogP) is 5.20. The molecule has 2 aromatic rings. The van der Waals surface area contributed by atoms with Gasteiger partial charge >= 0.3 is 0 Å². The van der Waals surface area contributed by atoms with Gasteiger partial charge in [0.1, 0.15) is 5.57 Å². The Morgan fingerprint density at radius 3 is 2.57 bits per heavy atom. The average Bonchev–Trinajstić information content (AvgIpc) is 2.99. The molecule has 7 heteroatoms. The lowest BCUT2D eigenvalue weighted by atomic mass is 9.95. The van der Waals surface area contributed by atoms with Gasteiger partial charge in [-0.25, -0.2) is 0 Å². The quantitative estimate of drug-likeness (QED) is 0.369. The zero-order valence-electron chi connectivity index (χ0n) is 17.1. The van der Waals surface area contributed by atoms with Crippen molar-refractivity contribution in [2.75, 3.05) is 4.90 Å². The lowest BCUT2D eigenvalue weighted by Gasteiger charge is -2.29. The van der Waals surface area contributed by atoms with Gasteiger partial charge < -0.3 is 4.57 Å². The number of carbonyl (C=O) groups is 2. The van der Waals surface area contributed by atoms with Crippen LogP contribution in [0.1, 0.15) is 55.1 Å². The Kier molecular flexibility index (Phi) is 5.93. The van der Waals surface area contributed by atoms with Crippen LogP contribution in [-0.4, -0.2) is 21.5 Å². The van der Waals surface area contributed by atoms with E-state index >= 15 is 0 Å². The number of thiocarbonyl (C=S) groups is 1. The third-order valence-corrected chi connectivity index (χ3v) is 6.71. The van der Waals surface area contributed by atoms with Crippen LogP contribution in [0.5, 0.6) is 0 Å². The fraction of sp³-hybridized carbons (Fsp3) is 0.348. The van der Waals surface area contributed by atoms with Crippen LogP contribution in [-0.2, 0) is 9.59 Å². The molecule has 1 aliphatic carbocycles. The summed E-state index contributed by atoms with van der Waals surface area (Å²) in [6.45, 7) is 4.16. The molecule has 5 nitrogen and oxygen atoms in total. The molecule has 0 radical (unpaired) electrons. The van der Waals surface area contributed by atoms with Crippen molar-refractivity contribution in [2.24, 2.45) is 0 Å². The highest BCUT2D eigenvalue weighted by molar-refractivity contribution is 9.10. The van der Waals surface area contributed by atoms with Crippen LogP contribution in [0.2, 0.25) is 0 Å². The summed E-state index contributed by atoms with van der Waals surface area (Å²) in [6.07, 6.45) is 7.85. The van der Waals surface area contributed by atoms with Crippen molar-refractivity contribution in [3.63, 3.8) is 0 Å². The van der Waals surface area contributed by atoms with Crippen molar-refractivity contribution in [2.45, 2.75) is 52.0 Å². The number of benzene rings is 1. The minimum Gasteiger partial charge on any atom is -0.346 e. The van der Waals surface area contributed by atoms with Gasteiger partial charge in [-0.2, -0.15) is 0 Å². The van der Waals surface area contributed by atoms with Crippen LogP contribution in [0.4, 0.5) is 5.69 Å². The molecule has 0 atom stereocenters. The zero-order valence-corrected chi connectivity index (χ0v) is 19.5. The molecular weight excluding hydrogens is 462 g/mol. The highest BCUT2D eigenvalue weighted by atomic mass is 79.9. The first-order chi connectivity index (χ1) is 14.4. The molecule has 30 heavy (non-hydrogen) atoms. The highest BCUT2D eigenvalue weighted by Gasteiger charge is 2.35. The van der Waals surface area contributed by atoms with Crippen molar-refractivity contribution >= 4 is 56.8 Å². The Bertz CT molecular complexity index is 1070. The Morgan fingerprint density at radius 2 is 1.87 bits per heavy atom. The summed E-state index contributed by atoms with van der Waals surface area (Å²) in [7, 11) is 0. The van der Waals surface area contributed by atoms with E-state index in [0.717, 1.165) is 21.4 Å². The van der Waals surface area contributed by atoms with Gasteiger partial charge in [0.2, 0.25) is 0 Å². The number of amides is 2. The maximum Gasteiger partial charge on any atom is 0.270 e. The molecule has 1 aliphatic heterocycles. The number of aromatic nitrogens is 1. The van der Waals surface area contributed by atoms with Gasteiger partial charge in [0.05, 0.1) is 5.69 Å². The first-order valence-corrected chi connectivity index (χ1v) is 11.4. The largest absolute Gasteiger partial charge is 0.346 e. The smallest absolute Gasteiger partial charge is 0.270 e. The van der Waals surface area contributed by atoms with E-state index in [1.54, 1.807) is 18.2 Å². The number of carbonyl (C=O) groups excluding carboxylic acids is 2. The van der Waals surface area contributed by atoms with Crippen molar-refractivity contribution in [3.8, 4) is 0 Å². The summed E-state index contributed by atoms with van der Waals surface area (Å²) >= 11 is 8.71. The van der Waals surface area contributed by atoms with E-state index in [4.69, 9.17) is 12.2 Å². The predicted molar refractivity (Wildman–Crippen MR) is 126 cm³/mol. The van der Waals surface area contributed by atoms with Gasteiger partial charge in [0.15, 0.2) is 5.11 Å². The van der Waals surface area contributed by atoms with E-state index < -0.39 is 11.8 Å². The summed E-state index contributed by atoms with van der Waals surface area (Å²) in [5.74, 6) is -0.872. The second kappa shape index (κ2) is 8.47. The minimum absolute atomic E-state index is 0.0902. The Labute approximate surface area is 190 Å². The lowest BCUT2D eigenvalue weighted by molar-refractivity contribution is -0.122. The second-order valence-corrected chi connectivity index (χ2v) is 9.23. The molecule has 0 bridgehead atoms. The fourth-order valence-electron chi connectivity index (χ4n) is 4.51. The van der Waals surface area contributed by atoms with E-state index in [1.807, 2.05) is 12.1 Å². The van der Waals surface area contributed by atoms with Crippen molar-refractivity contribution in [3.05, 3.63) is 57.3 Å². The van der Waals surface area contributed by atoms with E-state index in [-0.39, 0.29) is 10.7 Å². The van der Waals surface area contributed by atoms with Gasteiger partial charge in [-0.15, -0.1) is 0 Å². The number of hydrogen-bond acceptors (Lipinski definition) is 3. The normalized spacial score (nSPS) is 19.5. The molecule has 1 aromatic carbocycles. The van der Waals surface area contributed by atoms with Crippen LogP contribution in [0, 0.1) is 13.8 Å². The molecule has 4 rings (SSSR count). The summed E-state index contributed by atoms with van der Waals surface area (Å²) in [5, 5.41) is 2.75. The fourth-order valence-corrected chi connectivity index (χ4v) is 5.18. The average molecular weight is 486 g/mol. The molecule has 1 saturated heterocycles. The first-order valence-electron chi connectivity index (χ1n) is 10.2. The van der Waals surface area contributed by atoms with E-state index in [9.17, 15) is 9.59 Å². The van der Waals surface area contributed by atoms with Crippen LogP contribution in [0.15, 0.2) is 40.4 Å². The number of anilines is 1. The van der Waals surface area contributed by atoms with Crippen molar-refractivity contribution in [1.82, 2.24) is 9.88 Å². The van der Waals surface area contributed by atoms with Gasteiger partial charge in [-0.05, 0) is 74.8 Å². The van der Waals surface area contributed by atoms with Gasteiger partial charge in [-0.3, -0.25) is 19.8 Å². The first kappa shape index (κ1) is 21.0. The molecule has 2 fully saturated rings. The highest BCUT2D eigenvalue weighted by Crippen LogP contribution is 2.33. The number of aryl methyl sites for hydroxylation is 1. The van der Waals surface area contributed by atoms with Crippen LogP contribution < -0.4 is 10.2 Å². The molecular formula is C23H24BrN3O2S. The zero-order chi connectivity index (χ0) is 21.4. The second-order valence-electron chi connectivity index (χ2n) is 7.93. The third kappa shape index (κ3) is 3.88. The summed E-state index contributed by atoms with van der Waals surface area (Å²) < 4.78 is 3.20. The molecule has 2 aliphatic rings. The van der Waals surface area contributed by atoms with E-state index in [0.29, 0.717) is 11.7 Å². The van der Waals surface area contributed by atoms with E-state index in [2.05, 4.69) is 45.7 Å². The minimum atomic E-state index is -0.460. The van der Waals surface area contributed by atoms with E-state index in [1.165, 1.54) is 37.0 Å². The van der Waals surface area contributed by atoms with Gasteiger partial charge in [-0.1, -0.05) is 41.3 Å². The SMILES string of the molecule is Cc1cc(/C=C2\C(=O)NC(=S)N(c3cccc(Br)c3)C2=O)c(C)n1C1CCCCC1. The molecule has 0 unspecified atom stereocenters. The van der Waals surface area contributed by atoms with Crippen LogP contribution in [0.3, 0.4) is 0 Å². The van der Waals surface area contributed by atoms with Crippen LogP contribution in [0.25, 0.3) is 6.08 Å². The number of nitrogens with one attached hydrogen (secondary N) is 1. The van der Waals surface area contributed by atoms with Crippen molar-refractivity contribution < 1.29 is 9.59 Å². The lowest BCUT2D eigenvalue weighted by Crippen LogP contribution is -2.54. The molecule has 0 spiro atoms. The molecule has 2 amide bonds. The Balaban J connectivity index is 1.71. The standard InChI is InChI=1S/C23H24BrN3O2S/c1-14-11-16(15(2)26(14)18-8-4-3-5-9-18)12-20-21(28)25-23(30)27(22(20)29)19-10-6-7-17(24)13-19/h6-7,10-13,18H,3-5,8-9H2,1-2H3,(H,25,28,30)/b20-12+. The van der Waals surface area contributed by atoms with Gasteiger partial charge in [0.25, 0.3) is 11.8 Å². The number of rotatable bonds is 3.